The fraction of sp³-hybridized carbons (Fsp3) is 0.350. The van der Waals surface area contributed by atoms with Crippen molar-refractivity contribution in [3.63, 3.8) is 0 Å². The van der Waals surface area contributed by atoms with E-state index in [9.17, 15) is 4.79 Å². The summed E-state index contributed by atoms with van der Waals surface area (Å²) in [6.45, 7) is 0.756. The molecule has 2 aromatic carbocycles. The van der Waals surface area contributed by atoms with E-state index >= 15 is 0 Å². The Labute approximate surface area is 153 Å². The molecule has 1 fully saturated rings. The molecule has 0 radical (unpaired) electrons. The maximum absolute atomic E-state index is 11.4. The zero-order valence-corrected chi connectivity index (χ0v) is 15.0. The van der Waals surface area contributed by atoms with Gasteiger partial charge in [0.15, 0.2) is 0 Å². The van der Waals surface area contributed by atoms with Gasteiger partial charge in [0.1, 0.15) is 0 Å². The zero-order chi connectivity index (χ0) is 16.9. The number of halogens is 2. The van der Waals surface area contributed by atoms with Crippen LogP contribution in [0.25, 0.3) is 0 Å². The Kier molecular flexibility index (Phi) is 5.80. The standard InChI is InChI=1S/C11H11Cl2NO.C9H10/c12-9-2-1-3-10(13)8(9)6-7-4-5-14-11(7)15;1-2-5-9-7-3-6-8(9)4-1/h1-3,7H,4-6H2,(H,14,15);1-2,4-5H,3,6-7H2. The van der Waals surface area contributed by atoms with Gasteiger partial charge in [0.25, 0.3) is 0 Å². The van der Waals surface area contributed by atoms with Crippen molar-refractivity contribution < 1.29 is 4.79 Å². The minimum atomic E-state index is 0.0161. The summed E-state index contributed by atoms with van der Waals surface area (Å²) in [6.07, 6.45) is 5.45. The van der Waals surface area contributed by atoms with E-state index in [0.717, 1.165) is 18.5 Å². The van der Waals surface area contributed by atoms with Crippen molar-refractivity contribution in [3.8, 4) is 0 Å². The van der Waals surface area contributed by atoms with Gasteiger partial charge in [-0.15, -0.1) is 0 Å². The summed E-state index contributed by atoms with van der Waals surface area (Å²) in [4.78, 5) is 11.4. The topological polar surface area (TPSA) is 29.1 Å². The highest BCUT2D eigenvalue weighted by molar-refractivity contribution is 6.36. The number of carbonyl (C=O) groups excluding carboxylic acids is 1. The number of nitrogens with one attached hydrogen (secondary N) is 1. The maximum atomic E-state index is 11.4. The van der Waals surface area contributed by atoms with Crippen LogP contribution in [0.5, 0.6) is 0 Å². The molecule has 1 aliphatic heterocycles. The van der Waals surface area contributed by atoms with Crippen molar-refractivity contribution in [3.05, 3.63) is 69.2 Å². The van der Waals surface area contributed by atoms with Crippen LogP contribution in [-0.4, -0.2) is 12.5 Å². The average Bonchev–Trinajstić information content (AvgIpc) is 3.20. The molecule has 1 atom stereocenters. The average molecular weight is 362 g/mol. The lowest BCUT2D eigenvalue weighted by molar-refractivity contribution is -0.122. The summed E-state index contributed by atoms with van der Waals surface area (Å²) in [7, 11) is 0. The van der Waals surface area contributed by atoms with Gasteiger partial charge in [-0.2, -0.15) is 0 Å². The van der Waals surface area contributed by atoms with Gasteiger partial charge in [0.05, 0.1) is 0 Å². The quantitative estimate of drug-likeness (QED) is 0.813. The summed E-state index contributed by atoms with van der Waals surface area (Å²) in [6, 6.07) is 14.1. The van der Waals surface area contributed by atoms with E-state index in [-0.39, 0.29) is 11.8 Å². The molecule has 1 aliphatic carbocycles. The first-order valence-corrected chi connectivity index (χ1v) is 9.18. The van der Waals surface area contributed by atoms with E-state index < -0.39 is 0 Å². The Bertz CT molecular complexity index is 686. The van der Waals surface area contributed by atoms with Crippen molar-refractivity contribution in [1.29, 1.82) is 0 Å². The largest absolute Gasteiger partial charge is 0.356 e. The number of hydrogen-bond donors (Lipinski definition) is 1. The second kappa shape index (κ2) is 8.04. The molecule has 0 bridgehead atoms. The molecule has 126 valence electrons. The van der Waals surface area contributed by atoms with Crippen molar-refractivity contribution >= 4 is 29.1 Å². The van der Waals surface area contributed by atoms with Crippen LogP contribution in [0.15, 0.2) is 42.5 Å². The number of fused-ring (bicyclic) bond motifs is 1. The smallest absolute Gasteiger partial charge is 0.223 e. The van der Waals surface area contributed by atoms with Crippen LogP contribution in [0.1, 0.15) is 29.5 Å². The molecule has 24 heavy (non-hydrogen) atoms. The van der Waals surface area contributed by atoms with Gasteiger partial charge in [-0.05, 0) is 60.9 Å². The molecule has 4 heteroatoms. The van der Waals surface area contributed by atoms with Gasteiger partial charge in [0.2, 0.25) is 5.91 Å². The van der Waals surface area contributed by atoms with Gasteiger partial charge in [-0.3, -0.25) is 4.79 Å². The Morgan fingerprint density at radius 2 is 1.58 bits per heavy atom. The first-order chi connectivity index (χ1) is 11.6. The van der Waals surface area contributed by atoms with Gasteiger partial charge in [0, 0.05) is 22.5 Å². The van der Waals surface area contributed by atoms with Crippen molar-refractivity contribution in [2.75, 3.05) is 6.54 Å². The monoisotopic (exact) mass is 361 g/mol. The minimum Gasteiger partial charge on any atom is -0.356 e. The maximum Gasteiger partial charge on any atom is 0.223 e. The third-order valence-corrected chi connectivity index (χ3v) is 5.39. The van der Waals surface area contributed by atoms with E-state index in [4.69, 9.17) is 23.2 Å². The van der Waals surface area contributed by atoms with Crippen LogP contribution in [0.2, 0.25) is 10.0 Å². The second-order valence-corrected chi connectivity index (χ2v) is 7.12. The SMILES string of the molecule is O=C1NCCC1Cc1c(Cl)cccc1Cl.c1ccc2c(c1)CCC2. The predicted molar refractivity (Wildman–Crippen MR) is 99.7 cm³/mol. The number of rotatable bonds is 2. The summed E-state index contributed by atoms with van der Waals surface area (Å²) < 4.78 is 0. The van der Waals surface area contributed by atoms with Crippen LogP contribution in [0.3, 0.4) is 0 Å². The summed E-state index contributed by atoms with van der Waals surface area (Å²) in [5, 5.41) is 4.09. The Hall–Kier alpha value is -1.51. The Balaban J connectivity index is 0.000000159. The van der Waals surface area contributed by atoms with Gasteiger partial charge >= 0.3 is 0 Å². The fourth-order valence-corrected chi connectivity index (χ4v) is 3.88. The molecule has 1 amide bonds. The van der Waals surface area contributed by atoms with Crippen LogP contribution in [0, 0.1) is 5.92 Å². The molecular formula is C20H21Cl2NO. The van der Waals surface area contributed by atoms with Crippen molar-refractivity contribution in [2.24, 2.45) is 5.92 Å². The molecule has 2 nitrogen and oxygen atoms in total. The number of benzene rings is 2. The van der Waals surface area contributed by atoms with E-state index in [1.165, 1.54) is 19.3 Å². The lowest BCUT2D eigenvalue weighted by Crippen LogP contribution is -2.20. The number of carbonyl (C=O) groups is 1. The summed E-state index contributed by atoms with van der Waals surface area (Å²) in [5.74, 6) is 0.119. The van der Waals surface area contributed by atoms with Crippen molar-refractivity contribution in [2.45, 2.75) is 32.1 Å². The highest BCUT2D eigenvalue weighted by Crippen LogP contribution is 2.28. The zero-order valence-electron chi connectivity index (χ0n) is 13.5. The highest BCUT2D eigenvalue weighted by atomic mass is 35.5. The molecule has 2 aliphatic rings. The lowest BCUT2D eigenvalue weighted by atomic mass is 9.98. The molecule has 2 aromatic rings. The second-order valence-electron chi connectivity index (χ2n) is 6.30. The first kappa shape index (κ1) is 17.3. The van der Waals surface area contributed by atoms with Crippen LogP contribution in [0.4, 0.5) is 0 Å². The first-order valence-electron chi connectivity index (χ1n) is 8.42. The fourth-order valence-electron chi connectivity index (χ4n) is 3.33. The molecule has 0 spiro atoms. The predicted octanol–water partition coefficient (Wildman–Crippen LogP) is 4.85. The van der Waals surface area contributed by atoms with E-state index in [0.29, 0.717) is 16.5 Å². The third kappa shape index (κ3) is 4.12. The minimum absolute atomic E-state index is 0.0161. The van der Waals surface area contributed by atoms with Gasteiger partial charge in [-0.25, -0.2) is 0 Å². The van der Waals surface area contributed by atoms with E-state index in [1.807, 2.05) is 6.07 Å². The molecule has 1 unspecified atom stereocenters. The van der Waals surface area contributed by atoms with E-state index in [1.54, 1.807) is 23.3 Å². The molecule has 4 rings (SSSR count). The molecule has 0 aromatic heterocycles. The van der Waals surface area contributed by atoms with Crippen molar-refractivity contribution in [1.82, 2.24) is 5.32 Å². The van der Waals surface area contributed by atoms with Crippen LogP contribution >= 0.6 is 23.2 Å². The van der Waals surface area contributed by atoms with Crippen LogP contribution < -0.4 is 5.32 Å². The number of aryl methyl sites for hydroxylation is 2. The molecule has 1 saturated heterocycles. The molecule has 1 N–H and O–H groups in total. The molecular weight excluding hydrogens is 341 g/mol. The number of amides is 1. The Morgan fingerprint density at radius 1 is 0.958 bits per heavy atom. The summed E-state index contributed by atoms with van der Waals surface area (Å²) in [5.41, 5.74) is 4.01. The lowest BCUT2D eigenvalue weighted by Gasteiger charge is -2.10. The van der Waals surface area contributed by atoms with E-state index in [2.05, 4.69) is 29.6 Å². The third-order valence-electron chi connectivity index (χ3n) is 4.69. The van der Waals surface area contributed by atoms with Gasteiger partial charge < -0.3 is 5.32 Å². The highest BCUT2D eigenvalue weighted by Gasteiger charge is 2.25. The Morgan fingerprint density at radius 3 is 2.12 bits per heavy atom. The molecule has 0 saturated carbocycles. The van der Waals surface area contributed by atoms with Gasteiger partial charge in [-0.1, -0.05) is 53.5 Å². The normalized spacial score (nSPS) is 18.6. The number of hydrogen-bond acceptors (Lipinski definition) is 1. The van der Waals surface area contributed by atoms with Crippen LogP contribution in [-0.2, 0) is 24.1 Å². The molecule has 1 heterocycles. The summed E-state index contributed by atoms with van der Waals surface area (Å²) >= 11 is 12.1.